The van der Waals surface area contributed by atoms with Crippen molar-refractivity contribution in [2.24, 2.45) is 0 Å². The number of hydrazine groups is 1. The molecule has 0 atom stereocenters. The van der Waals surface area contributed by atoms with Crippen LogP contribution in [0.25, 0.3) is 11.3 Å². The van der Waals surface area contributed by atoms with Crippen molar-refractivity contribution in [3.63, 3.8) is 0 Å². The van der Waals surface area contributed by atoms with Gasteiger partial charge in [0.1, 0.15) is 5.01 Å². The van der Waals surface area contributed by atoms with Gasteiger partial charge in [0.2, 0.25) is 0 Å². The molecular formula is C12H15N3S. The summed E-state index contributed by atoms with van der Waals surface area (Å²) in [6, 6.07) is 10.2. The molecule has 3 nitrogen and oxygen atoms in total. The van der Waals surface area contributed by atoms with E-state index in [2.05, 4.69) is 27.9 Å². The highest BCUT2D eigenvalue weighted by molar-refractivity contribution is 7.09. The molecule has 0 spiro atoms. The number of aromatic nitrogens is 1. The van der Waals surface area contributed by atoms with Crippen molar-refractivity contribution in [3.8, 4) is 11.3 Å². The summed E-state index contributed by atoms with van der Waals surface area (Å²) in [6.45, 7) is 0.782. The quantitative estimate of drug-likeness (QED) is 0.822. The lowest BCUT2D eigenvalue weighted by Gasteiger charge is -2.09. The molecule has 0 saturated carbocycles. The fourth-order valence-corrected chi connectivity index (χ4v) is 2.09. The highest BCUT2D eigenvalue weighted by Gasteiger charge is 2.03. The molecule has 1 N–H and O–H groups in total. The van der Waals surface area contributed by atoms with E-state index in [0.717, 1.165) is 17.2 Å². The molecule has 0 saturated heterocycles. The van der Waals surface area contributed by atoms with E-state index in [9.17, 15) is 0 Å². The van der Waals surface area contributed by atoms with E-state index in [0.29, 0.717) is 0 Å². The lowest BCUT2D eigenvalue weighted by molar-refractivity contribution is 0.286. The van der Waals surface area contributed by atoms with Gasteiger partial charge in [0.05, 0.1) is 12.2 Å². The Hall–Kier alpha value is -1.23. The third-order valence-electron chi connectivity index (χ3n) is 2.17. The van der Waals surface area contributed by atoms with E-state index in [1.807, 2.05) is 37.3 Å². The zero-order valence-electron chi connectivity index (χ0n) is 9.47. The number of benzene rings is 1. The Morgan fingerprint density at radius 2 is 2.00 bits per heavy atom. The Kier molecular flexibility index (Phi) is 3.66. The van der Waals surface area contributed by atoms with E-state index < -0.39 is 0 Å². The van der Waals surface area contributed by atoms with Crippen LogP contribution in [0, 0.1) is 0 Å². The number of hydrogen-bond acceptors (Lipinski definition) is 4. The molecule has 0 aliphatic rings. The molecule has 1 aromatic carbocycles. The maximum Gasteiger partial charge on any atom is 0.109 e. The van der Waals surface area contributed by atoms with Crippen LogP contribution in [0.15, 0.2) is 35.7 Å². The fourth-order valence-electron chi connectivity index (χ4n) is 1.36. The summed E-state index contributed by atoms with van der Waals surface area (Å²) in [5.41, 5.74) is 5.44. The molecule has 0 fully saturated rings. The van der Waals surface area contributed by atoms with Crippen molar-refractivity contribution in [3.05, 3.63) is 40.7 Å². The van der Waals surface area contributed by atoms with Crippen LogP contribution < -0.4 is 5.43 Å². The number of nitrogens with one attached hydrogen (secondary N) is 1. The maximum absolute atomic E-state index is 4.58. The Bertz CT molecular complexity index is 437. The summed E-state index contributed by atoms with van der Waals surface area (Å²) >= 11 is 1.69. The molecule has 0 amide bonds. The van der Waals surface area contributed by atoms with Gasteiger partial charge in [0.25, 0.3) is 0 Å². The van der Waals surface area contributed by atoms with Crippen LogP contribution in [0.3, 0.4) is 0 Å². The predicted octanol–water partition coefficient (Wildman–Crippen LogP) is 2.38. The molecular weight excluding hydrogens is 218 g/mol. The van der Waals surface area contributed by atoms with Gasteiger partial charge in [-0.15, -0.1) is 11.3 Å². The van der Waals surface area contributed by atoms with Gasteiger partial charge < -0.3 is 0 Å². The molecule has 0 aliphatic carbocycles. The maximum atomic E-state index is 4.58. The normalized spacial score (nSPS) is 10.9. The topological polar surface area (TPSA) is 28.2 Å². The Morgan fingerprint density at radius 1 is 1.25 bits per heavy atom. The van der Waals surface area contributed by atoms with Crippen molar-refractivity contribution in [1.29, 1.82) is 0 Å². The molecule has 0 aliphatic heterocycles. The van der Waals surface area contributed by atoms with E-state index in [1.165, 1.54) is 5.56 Å². The average Bonchev–Trinajstić information content (AvgIpc) is 2.76. The number of nitrogens with zero attached hydrogens (tertiary/aromatic N) is 2. The average molecular weight is 233 g/mol. The van der Waals surface area contributed by atoms with Crippen molar-refractivity contribution in [2.45, 2.75) is 6.54 Å². The Balaban J connectivity index is 2.08. The van der Waals surface area contributed by atoms with E-state index >= 15 is 0 Å². The van der Waals surface area contributed by atoms with E-state index in [4.69, 9.17) is 0 Å². The molecule has 16 heavy (non-hydrogen) atoms. The van der Waals surface area contributed by atoms with Crippen LogP contribution in [0.4, 0.5) is 0 Å². The first kappa shape index (κ1) is 11.3. The summed E-state index contributed by atoms with van der Waals surface area (Å²) < 4.78 is 0. The Labute approximate surface area is 99.7 Å². The molecule has 4 heteroatoms. The molecule has 2 rings (SSSR count). The van der Waals surface area contributed by atoms with Crippen molar-refractivity contribution < 1.29 is 0 Å². The molecule has 1 heterocycles. The summed E-state index contributed by atoms with van der Waals surface area (Å²) in [5.74, 6) is 0. The molecule has 2 aromatic rings. The largest absolute Gasteiger partial charge is 0.250 e. The predicted molar refractivity (Wildman–Crippen MR) is 68.1 cm³/mol. The number of hydrogen-bond donors (Lipinski definition) is 1. The summed E-state index contributed by atoms with van der Waals surface area (Å²) in [6.07, 6.45) is 0. The van der Waals surface area contributed by atoms with Gasteiger partial charge in [-0.1, -0.05) is 30.3 Å². The highest BCUT2D eigenvalue weighted by Crippen LogP contribution is 2.21. The van der Waals surface area contributed by atoms with Gasteiger partial charge in [-0.25, -0.2) is 10.4 Å². The monoisotopic (exact) mass is 233 g/mol. The van der Waals surface area contributed by atoms with Crippen LogP contribution in [0.5, 0.6) is 0 Å². The summed E-state index contributed by atoms with van der Waals surface area (Å²) in [5, 5.41) is 5.14. The van der Waals surface area contributed by atoms with Crippen molar-refractivity contribution in [2.75, 3.05) is 14.1 Å². The standard InChI is InChI=1S/C12H15N3S/c1-15(2)13-8-12-14-11(9-16-12)10-6-4-3-5-7-10/h3-7,9,13H,8H2,1-2H3. The lowest BCUT2D eigenvalue weighted by atomic mass is 10.2. The third kappa shape index (κ3) is 2.88. The van der Waals surface area contributed by atoms with Crippen LogP contribution in [0.2, 0.25) is 0 Å². The first-order valence-electron chi connectivity index (χ1n) is 5.16. The first-order chi connectivity index (χ1) is 7.75. The van der Waals surface area contributed by atoms with Crippen LogP contribution in [0.1, 0.15) is 5.01 Å². The van der Waals surface area contributed by atoms with Crippen LogP contribution in [-0.4, -0.2) is 24.1 Å². The van der Waals surface area contributed by atoms with E-state index in [1.54, 1.807) is 11.3 Å². The van der Waals surface area contributed by atoms with Gasteiger partial charge in [0, 0.05) is 25.0 Å². The number of rotatable bonds is 4. The van der Waals surface area contributed by atoms with Gasteiger partial charge in [0.15, 0.2) is 0 Å². The van der Waals surface area contributed by atoms with Gasteiger partial charge in [-0.05, 0) is 0 Å². The Morgan fingerprint density at radius 3 is 2.69 bits per heavy atom. The van der Waals surface area contributed by atoms with Gasteiger partial charge in [-0.3, -0.25) is 5.01 Å². The second-order valence-electron chi connectivity index (χ2n) is 3.72. The van der Waals surface area contributed by atoms with Crippen LogP contribution in [-0.2, 0) is 6.54 Å². The SMILES string of the molecule is CN(C)NCc1nc(-c2ccccc2)cs1. The fraction of sp³-hybridized carbons (Fsp3) is 0.250. The van der Waals surface area contributed by atoms with Crippen molar-refractivity contribution >= 4 is 11.3 Å². The van der Waals surface area contributed by atoms with Gasteiger partial charge >= 0.3 is 0 Å². The highest BCUT2D eigenvalue weighted by atomic mass is 32.1. The second kappa shape index (κ2) is 5.21. The summed E-state index contributed by atoms with van der Waals surface area (Å²) in [7, 11) is 3.96. The minimum atomic E-state index is 0.782. The molecule has 0 unspecified atom stereocenters. The molecule has 0 bridgehead atoms. The first-order valence-corrected chi connectivity index (χ1v) is 6.04. The lowest BCUT2D eigenvalue weighted by Crippen LogP contribution is -2.29. The summed E-state index contributed by atoms with van der Waals surface area (Å²) in [4.78, 5) is 4.58. The van der Waals surface area contributed by atoms with E-state index in [-0.39, 0.29) is 0 Å². The van der Waals surface area contributed by atoms with Gasteiger partial charge in [-0.2, -0.15) is 0 Å². The zero-order chi connectivity index (χ0) is 11.4. The minimum Gasteiger partial charge on any atom is -0.250 e. The molecule has 1 aromatic heterocycles. The van der Waals surface area contributed by atoms with Crippen LogP contribution >= 0.6 is 11.3 Å². The minimum absolute atomic E-state index is 0.782. The second-order valence-corrected chi connectivity index (χ2v) is 4.66. The van der Waals surface area contributed by atoms with Crippen molar-refractivity contribution in [1.82, 2.24) is 15.4 Å². The third-order valence-corrected chi connectivity index (χ3v) is 3.02. The molecule has 0 radical (unpaired) electrons. The molecule has 84 valence electrons. The smallest absolute Gasteiger partial charge is 0.109 e. The zero-order valence-corrected chi connectivity index (χ0v) is 10.3. The number of thiazole rings is 1.